The molecule has 2 heteroatoms. The molecule has 0 aliphatic rings. The SMILES string of the molecule is O=COC/C=C/CCc1ccccc1. The lowest BCUT2D eigenvalue weighted by atomic mass is 10.1. The molecule has 0 aromatic heterocycles. The number of ether oxygens (including phenoxy) is 1. The summed E-state index contributed by atoms with van der Waals surface area (Å²) in [4.78, 5) is 9.80. The number of hydrogen-bond acceptors (Lipinski definition) is 2. The van der Waals surface area contributed by atoms with E-state index in [9.17, 15) is 4.79 Å². The molecule has 0 aliphatic heterocycles. The average Bonchev–Trinajstić information content (AvgIpc) is 2.25. The quantitative estimate of drug-likeness (QED) is 0.391. The van der Waals surface area contributed by atoms with Gasteiger partial charge in [0.2, 0.25) is 0 Å². The first-order chi connectivity index (χ1) is 6.93. The maximum atomic E-state index is 9.80. The van der Waals surface area contributed by atoms with Crippen LogP contribution >= 0.6 is 0 Å². The van der Waals surface area contributed by atoms with E-state index in [0.717, 1.165) is 12.8 Å². The molecule has 0 heterocycles. The lowest BCUT2D eigenvalue weighted by Crippen LogP contribution is -1.86. The fourth-order valence-corrected chi connectivity index (χ4v) is 1.18. The smallest absolute Gasteiger partial charge is 0.293 e. The van der Waals surface area contributed by atoms with Gasteiger partial charge in [0.15, 0.2) is 0 Å². The predicted molar refractivity (Wildman–Crippen MR) is 55.9 cm³/mol. The summed E-state index contributed by atoms with van der Waals surface area (Å²) in [6, 6.07) is 10.3. The van der Waals surface area contributed by atoms with E-state index in [-0.39, 0.29) is 0 Å². The molecule has 0 N–H and O–H groups in total. The number of rotatable bonds is 6. The third-order valence-electron chi connectivity index (χ3n) is 1.87. The molecule has 0 fully saturated rings. The Morgan fingerprint density at radius 2 is 1.93 bits per heavy atom. The van der Waals surface area contributed by atoms with E-state index in [1.807, 2.05) is 30.4 Å². The minimum Gasteiger partial charge on any atom is -0.464 e. The second-order valence-electron chi connectivity index (χ2n) is 2.93. The summed E-state index contributed by atoms with van der Waals surface area (Å²) in [5.74, 6) is 0. The highest BCUT2D eigenvalue weighted by molar-refractivity contribution is 5.37. The van der Waals surface area contributed by atoms with Gasteiger partial charge in [-0.25, -0.2) is 0 Å². The van der Waals surface area contributed by atoms with Gasteiger partial charge in [0, 0.05) is 0 Å². The van der Waals surface area contributed by atoms with Gasteiger partial charge in [0.25, 0.3) is 6.47 Å². The first-order valence-corrected chi connectivity index (χ1v) is 4.67. The molecule has 1 rings (SSSR count). The van der Waals surface area contributed by atoms with Crippen molar-refractivity contribution in [3.8, 4) is 0 Å². The minimum absolute atomic E-state index is 0.373. The van der Waals surface area contributed by atoms with Crippen molar-refractivity contribution in [2.24, 2.45) is 0 Å². The van der Waals surface area contributed by atoms with Crippen molar-refractivity contribution >= 4 is 6.47 Å². The lowest BCUT2D eigenvalue weighted by Gasteiger charge is -1.96. The molecular weight excluding hydrogens is 176 g/mol. The molecule has 0 aliphatic carbocycles. The minimum atomic E-state index is 0.373. The van der Waals surface area contributed by atoms with E-state index in [1.165, 1.54) is 5.56 Å². The summed E-state index contributed by atoms with van der Waals surface area (Å²) in [6.45, 7) is 0.833. The first kappa shape index (κ1) is 10.5. The molecule has 0 radical (unpaired) electrons. The van der Waals surface area contributed by atoms with Crippen LogP contribution in [0.2, 0.25) is 0 Å². The van der Waals surface area contributed by atoms with Gasteiger partial charge in [-0.05, 0) is 18.4 Å². The van der Waals surface area contributed by atoms with Crippen LogP contribution in [0, 0.1) is 0 Å². The monoisotopic (exact) mass is 190 g/mol. The second-order valence-corrected chi connectivity index (χ2v) is 2.93. The fourth-order valence-electron chi connectivity index (χ4n) is 1.18. The van der Waals surface area contributed by atoms with Gasteiger partial charge in [0.1, 0.15) is 6.61 Å². The molecule has 0 unspecified atom stereocenters. The standard InChI is InChI=1S/C12H14O2/c13-11-14-10-6-2-5-9-12-7-3-1-4-8-12/h1-4,6-8,11H,5,9-10H2/b6-2+. The highest BCUT2D eigenvalue weighted by atomic mass is 16.5. The van der Waals surface area contributed by atoms with Crippen LogP contribution in [0.5, 0.6) is 0 Å². The van der Waals surface area contributed by atoms with Crippen molar-refractivity contribution in [2.75, 3.05) is 6.61 Å². The Labute approximate surface area is 84.2 Å². The zero-order chi connectivity index (χ0) is 10.1. The molecule has 0 saturated heterocycles. The summed E-state index contributed by atoms with van der Waals surface area (Å²) < 4.78 is 4.52. The topological polar surface area (TPSA) is 26.3 Å². The summed E-state index contributed by atoms with van der Waals surface area (Å²) >= 11 is 0. The van der Waals surface area contributed by atoms with Gasteiger partial charge in [-0.2, -0.15) is 0 Å². The Morgan fingerprint density at radius 1 is 1.14 bits per heavy atom. The average molecular weight is 190 g/mol. The van der Waals surface area contributed by atoms with Gasteiger partial charge in [-0.15, -0.1) is 0 Å². The van der Waals surface area contributed by atoms with Gasteiger partial charge >= 0.3 is 0 Å². The normalized spacial score (nSPS) is 10.3. The third-order valence-corrected chi connectivity index (χ3v) is 1.87. The molecule has 1 aromatic carbocycles. The van der Waals surface area contributed by atoms with Crippen LogP contribution in [0.15, 0.2) is 42.5 Å². The van der Waals surface area contributed by atoms with Crippen LogP contribution in [0.3, 0.4) is 0 Å². The Balaban J connectivity index is 2.15. The van der Waals surface area contributed by atoms with Crippen molar-refractivity contribution in [2.45, 2.75) is 12.8 Å². The van der Waals surface area contributed by atoms with Gasteiger partial charge in [-0.3, -0.25) is 4.79 Å². The Morgan fingerprint density at radius 3 is 2.64 bits per heavy atom. The second kappa shape index (κ2) is 6.89. The summed E-state index contributed by atoms with van der Waals surface area (Å²) in [5.41, 5.74) is 1.33. The first-order valence-electron chi connectivity index (χ1n) is 4.67. The van der Waals surface area contributed by atoms with Gasteiger partial charge in [0.05, 0.1) is 0 Å². The van der Waals surface area contributed by atoms with Crippen molar-refractivity contribution < 1.29 is 9.53 Å². The van der Waals surface area contributed by atoms with Crippen LogP contribution < -0.4 is 0 Å². The molecule has 0 atom stereocenters. The molecule has 0 bridgehead atoms. The van der Waals surface area contributed by atoms with E-state index < -0.39 is 0 Å². The van der Waals surface area contributed by atoms with Crippen LogP contribution in [-0.2, 0) is 16.0 Å². The van der Waals surface area contributed by atoms with Crippen molar-refractivity contribution in [3.05, 3.63) is 48.0 Å². The fraction of sp³-hybridized carbons (Fsp3) is 0.250. The van der Waals surface area contributed by atoms with Crippen LogP contribution in [0.1, 0.15) is 12.0 Å². The molecule has 2 nitrogen and oxygen atoms in total. The highest BCUT2D eigenvalue weighted by Gasteiger charge is 1.87. The third kappa shape index (κ3) is 4.45. The van der Waals surface area contributed by atoms with E-state index in [4.69, 9.17) is 0 Å². The number of hydrogen-bond donors (Lipinski definition) is 0. The van der Waals surface area contributed by atoms with Crippen molar-refractivity contribution in [3.63, 3.8) is 0 Å². The van der Waals surface area contributed by atoms with Gasteiger partial charge in [-0.1, -0.05) is 42.5 Å². The van der Waals surface area contributed by atoms with Crippen LogP contribution in [0.4, 0.5) is 0 Å². The largest absolute Gasteiger partial charge is 0.464 e. The van der Waals surface area contributed by atoms with E-state index in [2.05, 4.69) is 16.9 Å². The van der Waals surface area contributed by atoms with Crippen molar-refractivity contribution in [1.82, 2.24) is 0 Å². The molecule has 0 saturated carbocycles. The molecule has 74 valence electrons. The number of allylic oxidation sites excluding steroid dienone is 1. The molecule has 1 aromatic rings. The summed E-state index contributed by atoms with van der Waals surface area (Å²) in [7, 11) is 0. The maximum Gasteiger partial charge on any atom is 0.293 e. The number of carbonyl (C=O) groups is 1. The number of aryl methyl sites for hydroxylation is 1. The van der Waals surface area contributed by atoms with E-state index in [0.29, 0.717) is 13.1 Å². The number of benzene rings is 1. The van der Waals surface area contributed by atoms with Crippen LogP contribution in [-0.4, -0.2) is 13.1 Å². The van der Waals surface area contributed by atoms with Gasteiger partial charge < -0.3 is 4.74 Å². The van der Waals surface area contributed by atoms with E-state index >= 15 is 0 Å². The Kier molecular flexibility index (Phi) is 5.18. The predicted octanol–water partition coefficient (Wildman–Crippen LogP) is 2.35. The summed E-state index contributed by atoms with van der Waals surface area (Å²) in [5, 5.41) is 0. The highest BCUT2D eigenvalue weighted by Crippen LogP contribution is 2.02. The molecular formula is C12H14O2. The van der Waals surface area contributed by atoms with E-state index in [1.54, 1.807) is 0 Å². The zero-order valence-corrected chi connectivity index (χ0v) is 8.06. The Hall–Kier alpha value is -1.57. The Bertz CT molecular complexity index is 278. The van der Waals surface area contributed by atoms with Crippen LogP contribution in [0.25, 0.3) is 0 Å². The molecule has 0 spiro atoms. The van der Waals surface area contributed by atoms with Crippen molar-refractivity contribution in [1.29, 1.82) is 0 Å². The molecule has 0 amide bonds. The number of carbonyl (C=O) groups excluding carboxylic acids is 1. The zero-order valence-electron chi connectivity index (χ0n) is 8.06. The maximum absolute atomic E-state index is 9.80. The molecule has 14 heavy (non-hydrogen) atoms. The lowest BCUT2D eigenvalue weighted by molar-refractivity contribution is -0.127. The summed E-state index contributed by atoms with van der Waals surface area (Å²) in [6.07, 6.45) is 5.89.